The van der Waals surface area contributed by atoms with E-state index < -0.39 is 23.7 Å². The Kier molecular flexibility index (Phi) is 4.82. The molecule has 0 saturated carbocycles. The quantitative estimate of drug-likeness (QED) is 0.569. The van der Waals surface area contributed by atoms with Crippen molar-refractivity contribution in [1.29, 1.82) is 0 Å². The van der Waals surface area contributed by atoms with E-state index in [-0.39, 0.29) is 24.3 Å². The lowest BCUT2D eigenvalue weighted by atomic mass is 9.91. The molecule has 1 unspecified atom stereocenters. The minimum absolute atomic E-state index is 0.0921. The highest BCUT2D eigenvalue weighted by Gasteiger charge is 2.35. The van der Waals surface area contributed by atoms with Gasteiger partial charge in [-0.2, -0.15) is 4.68 Å². The van der Waals surface area contributed by atoms with Crippen molar-refractivity contribution >= 4 is 28.5 Å². The standard InChI is InChI=1S/C24H27N5O4/c1-12(2)19(11-30)27-18-10-9-17-20-16-8-6-5-7-15(16)13(3)23(32)28(17)29(24(27)33)26-14(4)22(31)25-21(18)20/h5-10,12-14,19,26,30H,11H2,1-4H3,(H,25,31)/t13?,14-,19-/m0/s1. The third-order valence-corrected chi connectivity index (χ3v) is 6.76. The van der Waals surface area contributed by atoms with E-state index >= 15 is 0 Å². The van der Waals surface area contributed by atoms with Crippen LogP contribution in [0.25, 0.3) is 22.2 Å². The van der Waals surface area contributed by atoms with Gasteiger partial charge in [-0.3, -0.25) is 19.6 Å². The fourth-order valence-corrected chi connectivity index (χ4v) is 4.89. The van der Waals surface area contributed by atoms with Crippen molar-refractivity contribution in [2.45, 2.75) is 45.7 Å². The van der Waals surface area contributed by atoms with E-state index in [1.165, 1.54) is 9.25 Å². The Labute approximate surface area is 190 Å². The molecule has 3 atom stereocenters. The van der Waals surface area contributed by atoms with E-state index in [4.69, 9.17) is 0 Å². The molecule has 9 heteroatoms. The summed E-state index contributed by atoms with van der Waals surface area (Å²) in [6.07, 6.45) is 0. The Morgan fingerprint density at radius 2 is 1.73 bits per heavy atom. The molecular formula is C24H27N5O4. The SMILES string of the molecule is CC1C(=O)n2c3ccc4c(c3-c3ccccc31)NC(=O)[C@H](C)Nn2c(=O)n4[C@@H](CO)C(C)C. The molecule has 7 rings (SSSR count). The van der Waals surface area contributed by atoms with Crippen LogP contribution in [0, 0.1) is 5.92 Å². The summed E-state index contributed by atoms with van der Waals surface area (Å²) in [5.41, 5.74) is 6.16. The summed E-state index contributed by atoms with van der Waals surface area (Å²) in [5, 5.41) is 13.3. The van der Waals surface area contributed by atoms with Crippen LogP contribution in [-0.4, -0.2) is 43.6 Å². The molecule has 33 heavy (non-hydrogen) atoms. The van der Waals surface area contributed by atoms with Crippen LogP contribution in [0.2, 0.25) is 0 Å². The first kappa shape index (κ1) is 21.3. The molecule has 6 bridgehead atoms. The van der Waals surface area contributed by atoms with E-state index in [9.17, 15) is 19.5 Å². The average Bonchev–Trinajstić information content (AvgIpc) is 2.84. The lowest BCUT2D eigenvalue weighted by molar-refractivity contribution is -0.116. The third-order valence-electron chi connectivity index (χ3n) is 6.76. The monoisotopic (exact) mass is 449 g/mol. The minimum Gasteiger partial charge on any atom is -0.394 e. The molecule has 3 N–H and O–H groups in total. The third kappa shape index (κ3) is 2.92. The van der Waals surface area contributed by atoms with Crippen molar-refractivity contribution in [3.63, 3.8) is 0 Å². The summed E-state index contributed by atoms with van der Waals surface area (Å²) in [4.78, 5) is 42.1. The molecule has 0 radical (unpaired) electrons. The number of carbonyl (C=O) groups is 2. The Morgan fingerprint density at radius 3 is 2.42 bits per heavy atom. The number of amides is 1. The molecule has 0 spiro atoms. The van der Waals surface area contributed by atoms with Crippen molar-refractivity contribution in [3.8, 4) is 11.1 Å². The molecule has 2 aromatic heterocycles. The number of hydrogen-bond acceptors (Lipinski definition) is 5. The normalized spacial score (nSPS) is 20.1. The average molecular weight is 450 g/mol. The number of rotatable bonds is 3. The number of aliphatic hydroxyl groups is 1. The fraction of sp³-hybridized carbons (Fsp3) is 0.375. The molecule has 5 heterocycles. The number of nitrogens with zero attached hydrogens (tertiary/aromatic N) is 3. The highest BCUT2D eigenvalue weighted by molar-refractivity contribution is 6.11. The maximum Gasteiger partial charge on any atom is 0.363 e. The lowest BCUT2D eigenvalue weighted by Crippen LogP contribution is -2.48. The molecule has 9 nitrogen and oxygen atoms in total. The number of hydrogen-bond donors (Lipinski definition) is 3. The molecule has 4 aromatic rings. The number of anilines is 1. The lowest BCUT2D eigenvalue weighted by Gasteiger charge is -2.26. The van der Waals surface area contributed by atoms with Gasteiger partial charge in [-0.1, -0.05) is 38.1 Å². The van der Waals surface area contributed by atoms with Crippen LogP contribution >= 0.6 is 0 Å². The number of carbonyl (C=O) groups excluding carboxylic acids is 2. The van der Waals surface area contributed by atoms with E-state index in [0.717, 1.165) is 15.9 Å². The zero-order valence-corrected chi connectivity index (χ0v) is 19.0. The molecule has 3 aliphatic heterocycles. The minimum atomic E-state index is -0.796. The highest BCUT2D eigenvalue weighted by Crippen LogP contribution is 2.43. The van der Waals surface area contributed by atoms with Gasteiger partial charge < -0.3 is 10.4 Å². The molecule has 0 fully saturated rings. The predicted molar refractivity (Wildman–Crippen MR) is 126 cm³/mol. The number of aromatic nitrogens is 3. The summed E-state index contributed by atoms with van der Waals surface area (Å²) < 4.78 is 2.82. The second-order valence-electron chi connectivity index (χ2n) is 9.11. The molecule has 3 aliphatic rings. The van der Waals surface area contributed by atoms with E-state index in [0.29, 0.717) is 22.3 Å². The van der Waals surface area contributed by atoms with Crippen molar-refractivity contribution in [1.82, 2.24) is 14.0 Å². The summed E-state index contributed by atoms with van der Waals surface area (Å²) in [5.74, 6) is -1.25. The number of nitrogens with one attached hydrogen (secondary N) is 2. The summed E-state index contributed by atoms with van der Waals surface area (Å²) in [7, 11) is 0. The fourth-order valence-electron chi connectivity index (χ4n) is 4.89. The molecule has 1 amide bonds. The maximum absolute atomic E-state index is 14.0. The van der Waals surface area contributed by atoms with Crippen molar-refractivity contribution in [3.05, 3.63) is 52.4 Å². The van der Waals surface area contributed by atoms with Gasteiger partial charge in [0.05, 0.1) is 35.3 Å². The van der Waals surface area contributed by atoms with Gasteiger partial charge in [0.25, 0.3) is 5.91 Å². The van der Waals surface area contributed by atoms with Gasteiger partial charge in [0, 0.05) is 5.56 Å². The van der Waals surface area contributed by atoms with Crippen molar-refractivity contribution in [2.24, 2.45) is 5.92 Å². The topological polar surface area (TPSA) is 110 Å². The van der Waals surface area contributed by atoms with E-state index in [1.54, 1.807) is 19.1 Å². The van der Waals surface area contributed by atoms with Gasteiger partial charge in [-0.05, 0) is 43.0 Å². The second-order valence-corrected chi connectivity index (χ2v) is 9.11. The van der Waals surface area contributed by atoms with Gasteiger partial charge >= 0.3 is 5.69 Å². The molecule has 2 aromatic carbocycles. The summed E-state index contributed by atoms with van der Waals surface area (Å²) in [6, 6.07) is 9.77. The molecule has 0 aliphatic carbocycles. The van der Waals surface area contributed by atoms with Crippen LogP contribution in [0.4, 0.5) is 5.69 Å². The van der Waals surface area contributed by atoms with Crippen LogP contribution < -0.4 is 16.4 Å². The van der Waals surface area contributed by atoms with Crippen molar-refractivity contribution < 1.29 is 14.7 Å². The smallest absolute Gasteiger partial charge is 0.363 e. The number of aliphatic hydroxyl groups excluding tert-OH is 1. The highest BCUT2D eigenvalue weighted by atomic mass is 16.3. The Morgan fingerprint density at radius 1 is 1.03 bits per heavy atom. The van der Waals surface area contributed by atoms with Crippen LogP contribution in [-0.2, 0) is 4.79 Å². The first-order valence-corrected chi connectivity index (χ1v) is 11.2. The van der Waals surface area contributed by atoms with Crippen LogP contribution in [0.15, 0.2) is 41.2 Å². The Bertz CT molecular complexity index is 1390. The van der Waals surface area contributed by atoms with Gasteiger partial charge in [0.1, 0.15) is 6.04 Å². The van der Waals surface area contributed by atoms with Crippen LogP contribution in [0.5, 0.6) is 0 Å². The van der Waals surface area contributed by atoms with Crippen molar-refractivity contribution in [2.75, 3.05) is 17.3 Å². The molecule has 0 saturated heterocycles. The van der Waals surface area contributed by atoms with Gasteiger partial charge in [0.2, 0.25) is 5.91 Å². The van der Waals surface area contributed by atoms with Crippen LogP contribution in [0.1, 0.15) is 50.0 Å². The van der Waals surface area contributed by atoms with E-state index in [2.05, 4.69) is 10.7 Å². The van der Waals surface area contributed by atoms with Crippen LogP contribution in [0.3, 0.4) is 0 Å². The molecule has 172 valence electrons. The largest absolute Gasteiger partial charge is 0.394 e. The maximum atomic E-state index is 14.0. The van der Waals surface area contributed by atoms with Gasteiger partial charge in [-0.25, -0.2) is 4.79 Å². The summed E-state index contributed by atoms with van der Waals surface area (Å²) >= 11 is 0. The van der Waals surface area contributed by atoms with Gasteiger partial charge in [-0.15, -0.1) is 4.79 Å². The second kappa shape index (κ2) is 7.48. The Balaban J connectivity index is 2.11. The Hall–Kier alpha value is -3.59. The summed E-state index contributed by atoms with van der Waals surface area (Å²) in [6.45, 7) is 7.00. The zero-order chi connectivity index (χ0) is 23.6. The first-order valence-electron chi connectivity index (χ1n) is 11.2. The number of fused-ring (bicyclic) bond motifs is 5. The number of benzene rings is 2. The van der Waals surface area contributed by atoms with Gasteiger partial charge in [0.15, 0.2) is 0 Å². The zero-order valence-electron chi connectivity index (χ0n) is 19.0. The first-order chi connectivity index (χ1) is 15.8. The van der Waals surface area contributed by atoms with E-state index in [1.807, 2.05) is 45.0 Å². The predicted octanol–water partition coefficient (Wildman–Crippen LogP) is 2.66. The molecular weight excluding hydrogens is 422 g/mol.